The third kappa shape index (κ3) is 5.55. The fourth-order valence-corrected chi connectivity index (χ4v) is 4.00. The molecule has 1 atom stereocenters. The van der Waals surface area contributed by atoms with Crippen LogP contribution in [0.4, 0.5) is 0 Å². The molecule has 0 aliphatic rings. The van der Waals surface area contributed by atoms with Crippen LogP contribution in [-0.4, -0.2) is 22.1 Å². The molecule has 6 heteroatoms. The van der Waals surface area contributed by atoms with Crippen LogP contribution in [0.15, 0.2) is 72.8 Å². The lowest BCUT2D eigenvalue weighted by Gasteiger charge is -2.17. The van der Waals surface area contributed by atoms with Gasteiger partial charge in [0.15, 0.2) is 0 Å². The molecule has 0 bridgehead atoms. The number of ether oxygens (including phenoxy) is 1. The minimum atomic E-state index is -0.246. The number of carbonyl (C=O) groups excluding carboxylic acids is 1. The molecule has 0 aliphatic heterocycles. The first kappa shape index (κ1) is 22.9. The Morgan fingerprint density at radius 3 is 2.55 bits per heavy atom. The van der Waals surface area contributed by atoms with Crippen LogP contribution in [0.3, 0.4) is 0 Å². The number of nitrogens with one attached hydrogen (secondary N) is 1. The second kappa shape index (κ2) is 10.5. The largest absolute Gasteiger partial charge is 0.493 e. The van der Waals surface area contributed by atoms with Gasteiger partial charge in [0, 0.05) is 17.1 Å². The first-order valence-corrected chi connectivity index (χ1v) is 11.6. The Hall–Kier alpha value is -3.31. The van der Waals surface area contributed by atoms with E-state index in [9.17, 15) is 4.79 Å². The zero-order chi connectivity index (χ0) is 23.2. The molecule has 1 amide bonds. The van der Waals surface area contributed by atoms with E-state index >= 15 is 0 Å². The van der Waals surface area contributed by atoms with E-state index in [2.05, 4.69) is 28.9 Å². The van der Waals surface area contributed by atoms with Crippen LogP contribution in [0, 0.1) is 6.92 Å². The predicted octanol–water partition coefficient (Wildman–Crippen LogP) is 6.35. The van der Waals surface area contributed by atoms with E-state index in [0.717, 1.165) is 47.6 Å². The van der Waals surface area contributed by atoms with Gasteiger partial charge in [0.25, 0.3) is 5.91 Å². The molecule has 0 saturated carbocycles. The second-order valence-corrected chi connectivity index (χ2v) is 8.57. The number of rotatable bonds is 9. The summed E-state index contributed by atoms with van der Waals surface area (Å²) in [7, 11) is 0. The van der Waals surface area contributed by atoms with Crippen molar-refractivity contribution in [3.05, 3.63) is 94.8 Å². The van der Waals surface area contributed by atoms with Crippen molar-refractivity contribution < 1.29 is 9.53 Å². The Balaban J connectivity index is 1.43. The average molecular weight is 462 g/mol. The van der Waals surface area contributed by atoms with Crippen molar-refractivity contribution in [2.45, 2.75) is 39.3 Å². The highest BCUT2D eigenvalue weighted by molar-refractivity contribution is 6.30. The number of aryl methyl sites for hydroxylation is 2. The van der Waals surface area contributed by atoms with Crippen molar-refractivity contribution in [3.63, 3.8) is 0 Å². The molecule has 33 heavy (non-hydrogen) atoms. The summed E-state index contributed by atoms with van der Waals surface area (Å²) in [5, 5.41) is 3.68. The molecule has 1 aromatic heterocycles. The van der Waals surface area contributed by atoms with Gasteiger partial charge in [-0.2, -0.15) is 0 Å². The number of hydrogen-bond donors (Lipinski definition) is 1. The van der Waals surface area contributed by atoms with Gasteiger partial charge < -0.3 is 14.6 Å². The summed E-state index contributed by atoms with van der Waals surface area (Å²) >= 11 is 5.94. The zero-order valence-electron chi connectivity index (χ0n) is 18.9. The first-order valence-electron chi connectivity index (χ1n) is 11.2. The van der Waals surface area contributed by atoms with E-state index in [1.165, 1.54) is 0 Å². The highest BCUT2D eigenvalue weighted by Gasteiger charge is 2.19. The number of nitrogens with zero attached hydrogens (tertiary/aromatic N) is 2. The Morgan fingerprint density at radius 1 is 1.03 bits per heavy atom. The normalized spacial score (nSPS) is 12.0. The maximum Gasteiger partial charge on any atom is 0.251 e. The van der Waals surface area contributed by atoms with E-state index in [0.29, 0.717) is 17.2 Å². The molecule has 4 rings (SSSR count). The van der Waals surface area contributed by atoms with Gasteiger partial charge in [-0.3, -0.25) is 4.79 Å². The predicted molar refractivity (Wildman–Crippen MR) is 133 cm³/mol. The lowest BCUT2D eigenvalue weighted by molar-refractivity contribution is 0.0937. The smallest absolute Gasteiger partial charge is 0.251 e. The quantitative estimate of drug-likeness (QED) is 0.295. The van der Waals surface area contributed by atoms with Crippen molar-refractivity contribution in [2.24, 2.45) is 0 Å². The van der Waals surface area contributed by atoms with Crippen LogP contribution in [0.2, 0.25) is 5.02 Å². The van der Waals surface area contributed by atoms with Crippen LogP contribution in [0.1, 0.15) is 47.6 Å². The van der Waals surface area contributed by atoms with Crippen molar-refractivity contribution in [2.75, 3.05) is 6.61 Å². The van der Waals surface area contributed by atoms with Crippen LogP contribution < -0.4 is 10.1 Å². The number of aromatic nitrogens is 2. The third-order valence-electron chi connectivity index (χ3n) is 5.65. The monoisotopic (exact) mass is 461 g/mol. The molecule has 0 saturated heterocycles. The minimum Gasteiger partial charge on any atom is -0.493 e. The molecule has 1 unspecified atom stereocenters. The Morgan fingerprint density at radius 2 is 1.76 bits per heavy atom. The molecule has 0 aliphatic carbocycles. The fourth-order valence-electron chi connectivity index (χ4n) is 3.88. The van der Waals surface area contributed by atoms with Crippen molar-refractivity contribution in [3.8, 4) is 5.75 Å². The Bertz CT molecular complexity index is 1230. The molecule has 4 aromatic rings. The van der Waals surface area contributed by atoms with Gasteiger partial charge in [0.1, 0.15) is 11.6 Å². The van der Waals surface area contributed by atoms with E-state index < -0.39 is 0 Å². The number of amides is 1. The molecule has 0 spiro atoms. The average Bonchev–Trinajstić information content (AvgIpc) is 3.19. The molecule has 0 fully saturated rings. The number of benzene rings is 3. The number of unbranched alkanes of at least 4 members (excludes halogenated alkanes) is 1. The van der Waals surface area contributed by atoms with Gasteiger partial charge in [0.05, 0.1) is 23.7 Å². The van der Waals surface area contributed by atoms with Gasteiger partial charge in [-0.15, -0.1) is 0 Å². The van der Waals surface area contributed by atoms with Gasteiger partial charge in [-0.25, -0.2) is 4.98 Å². The molecule has 170 valence electrons. The van der Waals surface area contributed by atoms with Crippen molar-refractivity contribution in [1.29, 1.82) is 0 Å². The number of hydrogen-bond acceptors (Lipinski definition) is 3. The number of halogens is 1. The number of imidazole rings is 1. The molecular weight excluding hydrogens is 434 g/mol. The van der Waals surface area contributed by atoms with Crippen molar-refractivity contribution >= 4 is 28.5 Å². The lowest BCUT2D eigenvalue weighted by Crippen LogP contribution is -2.28. The molecule has 1 heterocycles. The van der Waals surface area contributed by atoms with E-state index in [1.807, 2.05) is 43.3 Å². The Kier molecular flexibility index (Phi) is 7.30. The van der Waals surface area contributed by atoms with E-state index in [4.69, 9.17) is 21.3 Å². The van der Waals surface area contributed by atoms with Crippen LogP contribution in [0.5, 0.6) is 5.75 Å². The standard InChI is InChI=1S/C27H28ClN3O2/c1-19-9-3-6-12-25(19)33-18-8-7-17-31-24-11-5-4-10-23(24)30-26(31)20(2)29-27(32)21-13-15-22(28)16-14-21/h3-6,9-16,20H,7-8,17-18H2,1-2H3,(H,29,32). The molecule has 0 radical (unpaired) electrons. The first-order chi connectivity index (χ1) is 16.0. The summed E-state index contributed by atoms with van der Waals surface area (Å²) in [5.41, 5.74) is 3.71. The topological polar surface area (TPSA) is 56.1 Å². The molecule has 3 aromatic carbocycles. The molecule has 5 nitrogen and oxygen atoms in total. The molecule has 1 N–H and O–H groups in total. The van der Waals surface area contributed by atoms with Crippen LogP contribution in [0.25, 0.3) is 11.0 Å². The summed E-state index contributed by atoms with van der Waals surface area (Å²) in [4.78, 5) is 17.5. The SMILES string of the molecule is Cc1ccccc1OCCCCn1c(C(C)NC(=O)c2ccc(Cl)cc2)nc2ccccc21. The number of para-hydroxylation sites is 3. The third-order valence-corrected chi connectivity index (χ3v) is 5.90. The number of fused-ring (bicyclic) bond motifs is 1. The van der Waals surface area contributed by atoms with Gasteiger partial charge in [-0.05, 0) is 74.7 Å². The Labute approximate surface area is 199 Å². The summed E-state index contributed by atoms with van der Waals surface area (Å²) in [6.07, 6.45) is 1.86. The zero-order valence-corrected chi connectivity index (χ0v) is 19.7. The number of carbonyl (C=O) groups is 1. The highest BCUT2D eigenvalue weighted by atomic mass is 35.5. The molecular formula is C27H28ClN3O2. The summed E-state index contributed by atoms with van der Waals surface area (Å²) in [6.45, 7) is 5.48. The van der Waals surface area contributed by atoms with Crippen LogP contribution in [-0.2, 0) is 6.54 Å². The van der Waals surface area contributed by atoms with Gasteiger partial charge in [-0.1, -0.05) is 41.9 Å². The summed E-state index contributed by atoms with van der Waals surface area (Å²) < 4.78 is 8.14. The highest BCUT2D eigenvalue weighted by Crippen LogP contribution is 2.22. The van der Waals surface area contributed by atoms with Gasteiger partial charge >= 0.3 is 0 Å². The minimum absolute atomic E-state index is 0.149. The lowest BCUT2D eigenvalue weighted by atomic mass is 10.2. The van der Waals surface area contributed by atoms with E-state index in [1.54, 1.807) is 24.3 Å². The summed E-state index contributed by atoms with van der Waals surface area (Å²) in [5.74, 6) is 1.63. The van der Waals surface area contributed by atoms with E-state index in [-0.39, 0.29) is 11.9 Å². The fraction of sp³-hybridized carbons (Fsp3) is 0.259. The van der Waals surface area contributed by atoms with Crippen molar-refractivity contribution in [1.82, 2.24) is 14.9 Å². The summed E-state index contributed by atoms with van der Waals surface area (Å²) in [6, 6.07) is 22.8. The maximum absolute atomic E-state index is 12.7. The second-order valence-electron chi connectivity index (χ2n) is 8.13. The van der Waals surface area contributed by atoms with Crippen LogP contribution >= 0.6 is 11.6 Å². The van der Waals surface area contributed by atoms with Gasteiger partial charge in [0.2, 0.25) is 0 Å². The maximum atomic E-state index is 12.7.